The van der Waals surface area contributed by atoms with E-state index >= 15 is 0 Å². The van der Waals surface area contributed by atoms with Crippen LogP contribution in [-0.2, 0) is 6.42 Å². The second-order valence-electron chi connectivity index (χ2n) is 4.73. The standard InChI is InChI=1S/C17H20N2O3/c1-3-11-21-15-7-5-13(6-8-15)17(20)19-18-12-16-10-9-14(4-2)22-16/h5-10,12H,3-4,11H2,1-2H3,(H,19,20)/b18-12-. The summed E-state index contributed by atoms with van der Waals surface area (Å²) in [6.45, 7) is 4.72. The Morgan fingerprint density at radius 1 is 1.23 bits per heavy atom. The third kappa shape index (κ3) is 4.48. The number of carbonyl (C=O) groups is 1. The maximum Gasteiger partial charge on any atom is 0.271 e. The molecule has 1 aromatic heterocycles. The number of hydrogen-bond acceptors (Lipinski definition) is 4. The first kappa shape index (κ1) is 15.8. The van der Waals surface area contributed by atoms with Crippen LogP contribution in [0.3, 0.4) is 0 Å². The highest BCUT2D eigenvalue weighted by atomic mass is 16.5. The molecule has 0 aliphatic rings. The van der Waals surface area contributed by atoms with E-state index < -0.39 is 0 Å². The third-order valence-corrected chi connectivity index (χ3v) is 2.98. The molecule has 0 spiro atoms. The van der Waals surface area contributed by atoms with Crippen LogP contribution < -0.4 is 10.2 Å². The lowest BCUT2D eigenvalue weighted by molar-refractivity contribution is 0.0955. The number of furan rings is 1. The molecule has 116 valence electrons. The second kappa shape index (κ2) is 8.02. The number of rotatable bonds is 7. The molecule has 0 saturated carbocycles. The summed E-state index contributed by atoms with van der Waals surface area (Å²) in [6.07, 6.45) is 3.26. The van der Waals surface area contributed by atoms with Crippen LogP contribution in [0.4, 0.5) is 0 Å². The van der Waals surface area contributed by atoms with E-state index in [0.717, 1.165) is 24.4 Å². The molecule has 0 fully saturated rings. The number of nitrogens with zero attached hydrogens (tertiary/aromatic N) is 1. The second-order valence-corrected chi connectivity index (χ2v) is 4.73. The summed E-state index contributed by atoms with van der Waals surface area (Å²) in [4.78, 5) is 11.9. The Kier molecular flexibility index (Phi) is 5.77. The lowest BCUT2D eigenvalue weighted by Gasteiger charge is -2.05. The number of nitrogens with one attached hydrogen (secondary N) is 1. The molecule has 0 unspecified atom stereocenters. The van der Waals surface area contributed by atoms with Crippen molar-refractivity contribution in [3.63, 3.8) is 0 Å². The highest BCUT2D eigenvalue weighted by molar-refractivity contribution is 5.94. The van der Waals surface area contributed by atoms with E-state index in [2.05, 4.69) is 10.5 Å². The summed E-state index contributed by atoms with van der Waals surface area (Å²) in [5, 5.41) is 3.89. The Morgan fingerprint density at radius 2 is 2.00 bits per heavy atom. The fraction of sp³-hybridized carbons (Fsp3) is 0.294. The van der Waals surface area contributed by atoms with Gasteiger partial charge in [0.05, 0.1) is 12.8 Å². The lowest BCUT2D eigenvalue weighted by Crippen LogP contribution is -2.17. The van der Waals surface area contributed by atoms with E-state index in [1.165, 1.54) is 6.21 Å². The summed E-state index contributed by atoms with van der Waals surface area (Å²) in [5.74, 6) is 1.97. The maximum absolute atomic E-state index is 11.9. The molecule has 1 heterocycles. The number of carbonyl (C=O) groups excluding carboxylic acids is 1. The number of hydrazone groups is 1. The summed E-state index contributed by atoms with van der Waals surface area (Å²) < 4.78 is 10.9. The van der Waals surface area contributed by atoms with E-state index in [0.29, 0.717) is 17.9 Å². The molecule has 2 rings (SSSR count). The van der Waals surface area contributed by atoms with Crippen LogP contribution >= 0.6 is 0 Å². The highest BCUT2D eigenvalue weighted by Gasteiger charge is 2.04. The SMILES string of the molecule is CCCOc1ccc(C(=O)N/N=C\c2ccc(CC)o2)cc1. The molecule has 0 saturated heterocycles. The van der Waals surface area contributed by atoms with Crippen molar-refractivity contribution in [1.29, 1.82) is 0 Å². The largest absolute Gasteiger partial charge is 0.494 e. The van der Waals surface area contributed by atoms with Crippen LogP contribution in [-0.4, -0.2) is 18.7 Å². The average Bonchev–Trinajstić information content (AvgIpc) is 3.01. The van der Waals surface area contributed by atoms with Gasteiger partial charge in [-0.2, -0.15) is 5.10 Å². The Bertz CT molecular complexity index is 630. The number of benzene rings is 1. The molecule has 1 N–H and O–H groups in total. The topological polar surface area (TPSA) is 63.8 Å². The molecule has 5 nitrogen and oxygen atoms in total. The molecular formula is C17H20N2O3. The van der Waals surface area contributed by atoms with E-state index in [-0.39, 0.29) is 5.91 Å². The van der Waals surface area contributed by atoms with Crippen LogP contribution in [0.25, 0.3) is 0 Å². The van der Waals surface area contributed by atoms with Gasteiger partial charge in [-0.05, 0) is 42.8 Å². The van der Waals surface area contributed by atoms with E-state index in [9.17, 15) is 4.79 Å². The molecule has 22 heavy (non-hydrogen) atoms. The van der Waals surface area contributed by atoms with Crippen LogP contribution in [0.5, 0.6) is 5.75 Å². The Morgan fingerprint density at radius 3 is 2.64 bits per heavy atom. The van der Waals surface area contributed by atoms with Gasteiger partial charge in [-0.1, -0.05) is 13.8 Å². The van der Waals surface area contributed by atoms with Gasteiger partial charge in [0.15, 0.2) is 0 Å². The fourth-order valence-corrected chi connectivity index (χ4v) is 1.80. The molecule has 0 bridgehead atoms. The summed E-state index contributed by atoms with van der Waals surface area (Å²) in [7, 11) is 0. The fourth-order valence-electron chi connectivity index (χ4n) is 1.80. The predicted octanol–water partition coefficient (Wildman–Crippen LogP) is 3.39. The number of hydrogen-bond donors (Lipinski definition) is 1. The van der Waals surface area contributed by atoms with Crippen LogP contribution in [0, 0.1) is 0 Å². The molecule has 0 aliphatic heterocycles. The molecule has 2 aromatic rings. The van der Waals surface area contributed by atoms with Gasteiger partial charge >= 0.3 is 0 Å². The first-order valence-electron chi connectivity index (χ1n) is 7.38. The molecule has 0 atom stereocenters. The summed E-state index contributed by atoms with van der Waals surface area (Å²) >= 11 is 0. The van der Waals surface area contributed by atoms with Crippen molar-refractivity contribution in [1.82, 2.24) is 5.43 Å². The Balaban J connectivity index is 1.88. The van der Waals surface area contributed by atoms with Crippen molar-refractivity contribution in [2.75, 3.05) is 6.61 Å². The zero-order valence-electron chi connectivity index (χ0n) is 12.8. The predicted molar refractivity (Wildman–Crippen MR) is 85.4 cm³/mol. The van der Waals surface area contributed by atoms with E-state index in [1.807, 2.05) is 26.0 Å². The van der Waals surface area contributed by atoms with Gasteiger partial charge in [0.25, 0.3) is 5.91 Å². The van der Waals surface area contributed by atoms with Crippen molar-refractivity contribution >= 4 is 12.1 Å². The van der Waals surface area contributed by atoms with Crippen molar-refractivity contribution < 1.29 is 13.9 Å². The van der Waals surface area contributed by atoms with E-state index in [1.54, 1.807) is 24.3 Å². The highest BCUT2D eigenvalue weighted by Crippen LogP contribution is 2.12. The Labute approximate surface area is 130 Å². The first-order chi connectivity index (χ1) is 10.7. The molecule has 5 heteroatoms. The Hall–Kier alpha value is -2.56. The lowest BCUT2D eigenvalue weighted by atomic mass is 10.2. The van der Waals surface area contributed by atoms with Gasteiger partial charge in [0, 0.05) is 12.0 Å². The van der Waals surface area contributed by atoms with Crippen molar-refractivity contribution in [2.24, 2.45) is 5.10 Å². The van der Waals surface area contributed by atoms with Gasteiger partial charge in [-0.15, -0.1) is 0 Å². The molecule has 1 amide bonds. The average molecular weight is 300 g/mol. The van der Waals surface area contributed by atoms with Crippen molar-refractivity contribution in [3.8, 4) is 5.75 Å². The third-order valence-electron chi connectivity index (χ3n) is 2.98. The maximum atomic E-state index is 11.9. The quantitative estimate of drug-likeness (QED) is 0.629. The number of amides is 1. The minimum Gasteiger partial charge on any atom is -0.494 e. The first-order valence-corrected chi connectivity index (χ1v) is 7.38. The molecule has 1 aromatic carbocycles. The summed E-state index contributed by atoms with van der Waals surface area (Å²) in [5.41, 5.74) is 2.99. The van der Waals surface area contributed by atoms with Gasteiger partial charge in [0.1, 0.15) is 17.3 Å². The minimum absolute atomic E-state index is 0.277. The number of ether oxygens (including phenoxy) is 1. The molecular weight excluding hydrogens is 280 g/mol. The smallest absolute Gasteiger partial charge is 0.271 e. The van der Waals surface area contributed by atoms with E-state index in [4.69, 9.17) is 9.15 Å². The number of aryl methyl sites for hydroxylation is 1. The van der Waals surface area contributed by atoms with Gasteiger partial charge in [0.2, 0.25) is 0 Å². The van der Waals surface area contributed by atoms with Crippen LogP contribution in [0.15, 0.2) is 45.9 Å². The van der Waals surface area contributed by atoms with Gasteiger partial charge in [-0.3, -0.25) is 4.79 Å². The van der Waals surface area contributed by atoms with Crippen LogP contribution in [0.2, 0.25) is 0 Å². The molecule has 0 aliphatic carbocycles. The normalized spacial score (nSPS) is 10.8. The van der Waals surface area contributed by atoms with Gasteiger partial charge < -0.3 is 9.15 Å². The zero-order valence-corrected chi connectivity index (χ0v) is 12.8. The van der Waals surface area contributed by atoms with Gasteiger partial charge in [-0.25, -0.2) is 5.43 Å². The van der Waals surface area contributed by atoms with Crippen molar-refractivity contribution in [2.45, 2.75) is 26.7 Å². The minimum atomic E-state index is -0.277. The van der Waals surface area contributed by atoms with Crippen LogP contribution in [0.1, 0.15) is 42.1 Å². The summed E-state index contributed by atoms with van der Waals surface area (Å²) in [6, 6.07) is 10.7. The molecule has 0 radical (unpaired) electrons. The van der Waals surface area contributed by atoms with Crippen molar-refractivity contribution in [3.05, 3.63) is 53.5 Å². The zero-order chi connectivity index (χ0) is 15.8. The monoisotopic (exact) mass is 300 g/mol.